The summed E-state index contributed by atoms with van der Waals surface area (Å²) in [5.74, 6) is -0.0973. The predicted octanol–water partition coefficient (Wildman–Crippen LogP) is 4.35. The van der Waals surface area contributed by atoms with Crippen LogP contribution >= 0.6 is 0 Å². The molecule has 0 aliphatic heterocycles. The fourth-order valence-electron chi connectivity index (χ4n) is 3.53. The molecule has 4 nitrogen and oxygen atoms in total. The van der Waals surface area contributed by atoms with Crippen LogP contribution in [0.1, 0.15) is 42.9 Å². The maximum absolute atomic E-state index is 12.7. The van der Waals surface area contributed by atoms with Crippen molar-refractivity contribution in [2.45, 2.75) is 39.7 Å². The molecular formula is C23H28N2O2. The Kier molecular flexibility index (Phi) is 5.64. The van der Waals surface area contributed by atoms with E-state index in [0.29, 0.717) is 18.9 Å². The highest BCUT2D eigenvalue weighted by Crippen LogP contribution is 2.41. The zero-order valence-electron chi connectivity index (χ0n) is 16.5. The van der Waals surface area contributed by atoms with Gasteiger partial charge in [0, 0.05) is 19.3 Å². The zero-order chi connectivity index (χ0) is 19.6. The van der Waals surface area contributed by atoms with Gasteiger partial charge in [-0.3, -0.25) is 9.59 Å². The fourth-order valence-corrected chi connectivity index (χ4v) is 3.53. The molecule has 27 heavy (non-hydrogen) atoms. The lowest BCUT2D eigenvalue weighted by Crippen LogP contribution is -2.29. The van der Waals surface area contributed by atoms with E-state index in [0.717, 1.165) is 22.4 Å². The number of carbonyl (C=O) groups excluding carboxylic acids is 2. The number of benzene rings is 2. The third-order valence-corrected chi connectivity index (χ3v) is 5.26. The van der Waals surface area contributed by atoms with Gasteiger partial charge in [0.05, 0.1) is 11.8 Å². The monoisotopic (exact) mass is 364 g/mol. The first kappa shape index (κ1) is 19.2. The van der Waals surface area contributed by atoms with E-state index in [9.17, 15) is 9.59 Å². The molecule has 2 amide bonds. The summed E-state index contributed by atoms with van der Waals surface area (Å²) in [5, 5.41) is 3.09. The Bertz CT molecular complexity index is 830. The number of carbonyl (C=O) groups is 2. The van der Waals surface area contributed by atoms with Crippen LogP contribution in [-0.2, 0) is 16.1 Å². The fraction of sp³-hybridized carbons (Fsp3) is 0.391. The normalized spacial score (nSPS) is 18.3. The minimum absolute atomic E-state index is 0.0438. The summed E-state index contributed by atoms with van der Waals surface area (Å²) in [5.41, 5.74) is 4.18. The molecule has 142 valence electrons. The van der Waals surface area contributed by atoms with Crippen molar-refractivity contribution in [3.8, 4) is 0 Å². The van der Waals surface area contributed by atoms with Crippen LogP contribution in [0.15, 0.2) is 48.5 Å². The van der Waals surface area contributed by atoms with Crippen molar-refractivity contribution >= 4 is 17.5 Å². The number of aryl methyl sites for hydroxylation is 1. The summed E-state index contributed by atoms with van der Waals surface area (Å²) in [6.45, 7) is 6.81. The maximum Gasteiger partial charge on any atom is 0.228 e. The van der Waals surface area contributed by atoms with Crippen LogP contribution in [0.2, 0.25) is 0 Å². The molecule has 2 unspecified atom stereocenters. The Morgan fingerprint density at radius 2 is 1.78 bits per heavy atom. The van der Waals surface area contributed by atoms with Gasteiger partial charge in [0.2, 0.25) is 11.8 Å². The first-order valence-corrected chi connectivity index (χ1v) is 9.57. The molecule has 1 aliphatic carbocycles. The summed E-state index contributed by atoms with van der Waals surface area (Å²) in [7, 11) is 1.81. The number of hydrogen-bond donors (Lipinski definition) is 1. The second-order valence-corrected chi connectivity index (χ2v) is 7.81. The van der Waals surface area contributed by atoms with Gasteiger partial charge in [-0.1, -0.05) is 62.4 Å². The first-order chi connectivity index (χ1) is 12.9. The third-order valence-electron chi connectivity index (χ3n) is 5.26. The van der Waals surface area contributed by atoms with Crippen molar-refractivity contribution in [3.63, 3.8) is 0 Å². The van der Waals surface area contributed by atoms with Crippen molar-refractivity contribution < 1.29 is 9.59 Å². The van der Waals surface area contributed by atoms with Crippen LogP contribution in [0.3, 0.4) is 0 Å². The summed E-state index contributed by atoms with van der Waals surface area (Å²) < 4.78 is 0. The van der Waals surface area contributed by atoms with Gasteiger partial charge < -0.3 is 10.2 Å². The van der Waals surface area contributed by atoms with Crippen LogP contribution in [0.5, 0.6) is 0 Å². The molecule has 0 radical (unpaired) electrons. The Balaban J connectivity index is 1.62. The number of nitrogens with one attached hydrogen (secondary N) is 1. The van der Waals surface area contributed by atoms with Gasteiger partial charge in [0.25, 0.3) is 0 Å². The zero-order valence-corrected chi connectivity index (χ0v) is 16.5. The molecule has 0 heterocycles. The molecule has 4 heteroatoms. The summed E-state index contributed by atoms with van der Waals surface area (Å²) in [6.07, 6.45) is 0.632. The number of anilines is 1. The summed E-state index contributed by atoms with van der Waals surface area (Å²) in [4.78, 5) is 27.1. The smallest absolute Gasteiger partial charge is 0.228 e. The number of nitrogens with zero attached hydrogens (tertiary/aromatic N) is 1. The van der Waals surface area contributed by atoms with E-state index in [2.05, 4.69) is 25.2 Å². The van der Waals surface area contributed by atoms with Crippen molar-refractivity contribution in [1.82, 2.24) is 4.90 Å². The Morgan fingerprint density at radius 1 is 1.07 bits per heavy atom. The lowest BCUT2D eigenvalue weighted by molar-refractivity contribution is -0.133. The van der Waals surface area contributed by atoms with Crippen LogP contribution in [0.4, 0.5) is 5.69 Å². The molecule has 0 spiro atoms. The van der Waals surface area contributed by atoms with Crippen molar-refractivity contribution in [2.75, 3.05) is 12.4 Å². The predicted molar refractivity (Wildman–Crippen MR) is 108 cm³/mol. The molecule has 2 aromatic carbocycles. The molecule has 1 aliphatic rings. The molecule has 3 rings (SSSR count). The Labute approximate surface area is 161 Å². The van der Waals surface area contributed by atoms with Gasteiger partial charge in [-0.15, -0.1) is 0 Å². The van der Waals surface area contributed by atoms with E-state index in [-0.39, 0.29) is 23.7 Å². The highest BCUT2D eigenvalue weighted by molar-refractivity contribution is 6.00. The number of para-hydroxylation sites is 1. The summed E-state index contributed by atoms with van der Waals surface area (Å²) in [6, 6.07) is 16.0. The topological polar surface area (TPSA) is 49.4 Å². The van der Waals surface area contributed by atoms with Gasteiger partial charge >= 0.3 is 0 Å². The second-order valence-electron chi connectivity index (χ2n) is 7.81. The summed E-state index contributed by atoms with van der Waals surface area (Å²) >= 11 is 0. The van der Waals surface area contributed by atoms with E-state index in [1.807, 2.05) is 49.4 Å². The standard InChI is InChI=1S/C23H28N2O2/c1-15(2)18-12-8-9-16(3)21(18)24-22(26)19-13-20(19)23(27)25(4)14-17-10-6-5-7-11-17/h5-12,15,19-20H,13-14H2,1-4H3,(H,24,26). The van der Waals surface area contributed by atoms with Crippen LogP contribution < -0.4 is 5.32 Å². The van der Waals surface area contributed by atoms with Gasteiger partial charge in [-0.25, -0.2) is 0 Å². The molecule has 2 atom stereocenters. The van der Waals surface area contributed by atoms with E-state index in [1.54, 1.807) is 11.9 Å². The molecule has 0 aromatic heterocycles. The number of amides is 2. The molecule has 2 aromatic rings. The largest absolute Gasteiger partial charge is 0.341 e. The average Bonchev–Trinajstić information content (AvgIpc) is 3.44. The van der Waals surface area contributed by atoms with Gasteiger partial charge in [0.1, 0.15) is 0 Å². The Morgan fingerprint density at radius 3 is 2.44 bits per heavy atom. The first-order valence-electron chi connectivity index (χ1n) is 9.57. The van der Waals surface area contributed by atoms with Gasteiger partial charge in [0.15, 0.2) is 0 Å². The second kappa shape index (κ2) is 7.95. The quantitative estimate of drug-likeness (QED) is 0.828. The van der Waals surface area contributed by atoms with Crippen molar-refractivity contribution in [2.24, 2.45) is 11.8 Å². The van der Waals surface area contributed by atoms with Crippen molar-refractivity contribution in [1.29, 1.82) is 0 Å². The third kappa shape index (κ3) is 4.38. The maximum atomic E-state index is 12.7. The van der Waals surface area contributed by atoms with E-state index in [1.165, 1.54) is 0 Å². The lowest BCUT2D eigenvalue weighted by atomic mass is 9.98. The molecule has 1 fully saturated rings. The molecular weight excluding hydrogens is 336 g/mol. The molecule has 0 bridgehead atoms. The van der Waals surface area contributed by atoms with Gasteiger partial charge in [-0.2, -0.15) is 0 Å². The van der Waals surface area contributed by atoms with Crippen LogP contribution in [0.25, 0.3) is 0 Å². The van der Waals surface area contributed by atoms with E-state index in [4.69, 9.17) is 0 Å². The number of rotatable bonds is 6. The van der Waals surface area contributed by atoms with E-state index < -0.39 is 0 Å². The van der Waals surface area contributed by atoms with Crippen molar-refractivity contribution in [3.05, 3.63) is 65.2 Å². The van der Waals surface area contributed by atoms with Crippen LogP contribution in [0, 0.1) is 18.8 Å². The van der Waals surface area contributed by atoms with E-state index >= 15 is 0 Å². The van der Waals surface area contributed by atoms with Crippen LogP contribution in [-0.4, -0.2) is 23.8 Å². The minimum atomic E-state index is -0.227. The highest BCUT2D eigenvalue weighted by Gasteiger charge is 2.49. The molecule has 0 saturated heterocycles. The molecule has 1 N–H and O–H groups in total. The SMILES string of the molecule is Cc1cccc(C(C)C)c1NC(=O)C1CC1C(=O)N(C)Cc1ccccc1. The molecule has 1 saturated carbocycles. The Hall–Kier alpha value is -2.62. The minimum Gasteiger partial charge on any atom is -0.341 e. The van der Waals surface area contributed by atoms with Gasteiger partial charge in [-0.05, 0) is 36.0 Å². The average molecular weight is 364 g/mol. The lowest BCUT2D eigenvalue weighted by Gasteiger charge is -2.18. The highest BCUT2D eigenvalue weighted by atomic mass is 16.2. The number of hydrogen-bond acceptors (Lipinski definition) is 2.